The number of hydrogen-bond donors (Lipinski definition) is 0. The molecule has 1 unspecified atom stereocenters. The number of aryl methyl sites for hydroxylation is 1. The van der Waals surface area contributed by atoms with Gasteiger partial charge in [0.15, 0.2) is 0 Å². The maximum absolute atomic E-state index is 13.6. The van der Waals surface area contributed by atoms with Crippen LogP contribution in [0.15, 0.2) is 59.8 Å². The SMILES string of the molecule is C=C(CCCn1cc2c(C#N)cccc2n1)C(=O)N1N=CCC1c1cc(F)cc(F)c1. The van der Waals surface area contributed by atoms with Gasteiger partial charge in [-0.15, -0.1) is 0 Å². The number of halogens is 2. The summed E-state index contributed by atoms with van der Waals surface area (Å²) < 4.78 is 28.9. The summed E-state index contributed by atoms with van der Waals surface area (Å²) in [7, 11) is 0. The molecule has 1 atom stereocenters. The zero-order valence-corrected chi connectivity index (χ0v) is 16.6. The number of nitrogens with zero attached hydrogens (tertiary/aromatic N) is 5. The molecule has 156 valence electrons. The van der Waals surface area contributed by atoms with Crippen LogP contribution in [0, 0.1) is 23.0 Å². The van der Waals surface area contributed by atoms with Gasteiger partial charge in [0.2, 0.25) is 0 Å². The average molecular weight is 419 g/mol. The lowest BCUT2D eigenvalue weighted by Crippen LogP contribution is -2.28. The quantitative estimate of drug-likeness (QED) is 0.553. The van der Waals surface area contributed by atoms with E-state index in [-0.39, 0.29) is 5.91 Å². The van der Waals surface area contributed by atoms with Gasteiger partial charge in [0.25, 0.3) is 5.91 Å². The van der Waals surface area contributed by atoms with Crippen LogP contribution < -0.4 is 0 Å². The highest BCUT2D eigenvalue weighted by atomic mass is 19.1. The van der Waals surface area contributed by atoms with Crippen LogP contribution in [0.25, 0.3) is 10.9 Å². The van der Waals surface area contributed by atoms with Crippen molar-refractivity contribution < 1.29 is 13.6 Å². The summed E-state index contributed by atoms with van der Waals surface area (Å²) in [4.78, 5) is 12.8. The van der Waals surface area contributed by atoms with Crippen LogP contribution in [-0.2, 0) is 11.3 Å². The summed E-state index contributed by atoms with van der Waals surface area (Å²) in [5, 5.41) is 19.8. The van der Waals surface area contributed by atoms with Crippen molar-refractivity contribution in [2.24, 2.45) is 5.10 Å². The molecular weight excluding hydrogens is 400 g/mol. The minimum atomic E-state index is -0.695. The number of carbonyl (C=O) groups is 1. The molecule has 6 nitrogen and oxygen atoms in total. The van der Waals surface area contributed by atoms with Crippen molar-refractivity contribution in [3.8, 4) is 6.07 Å². The Morgan fingerprint density at radius 3 is 2.77 bits per heavy atom. The molecule has 3 aromatic rings. The van der Waals surface area contributed by atoms with Crippen molar-refractivity contribution in [2.75, 3.05) is 0 Å². The smallest absolute Gasteiger partial charge is 0.269 e. The Morgan fingerprint density at radius 2 is 2.03 bits per heavy atom. The molecule has 0 saturated heterocycles. The molecule has 0 spiro atoms. The fraction of sp³-hybridized carbons (Fsp3) is 0.217. The van der Waals surface area contributed by atoms with Gasteiger partial charge >= 0.3 is 0 Å². The first-order chi connectivity index (χ1) is 15.0. The molecule has 0 N–H and O–H groups in total. The second kappa shape index (κ2) is 8.48. The minimum absolute atomic E-state index is 0.354. The molecule has 1 aromatic heterocycles. The van der Waals surface area contributed by atoms with E-state index in [1.807, 2.05) is 12.3 Å². The highest BCUT2D eigenvalue weighted by molar-refractivity contribution is 5.94. The fourth-order valence-corrected chi connectivity index (χ4v) is 3.68. The van der Waals surface area contributed by atoms with E-state index in [2.05, 4.69) is 22.8 Å². The number of hydrogen-bond acceptors (Lipinski definition) is 4. The molecule has 0 fully saturated rings. The largest absolute Gasteiger partial charge is 0.271 e. The molecular formula is C23H19F2N5O. The molecule has 0 saturated carbocycles. The van der Waals surface area contributed by atoms with Crippen LogP contribution in [0.2, 0.25) is 0 Å². The van der Waals surface area contributed by atoms with Gasteiger partial charge in [-0.05, 0) is 42.7 Å². The number of fused-ring (bicyclic) bond motifs is 1. The standard InChI is InChI=1S/C23H19F2N5O/c1-15(4-3-9-29-14-20-16(13-26)5-2-6-21(20)28-29)23(31)30-22(7-8-27-30)17-10-18(24)12-19(25)11-17/h2,5-6,8,10-12,14,22H,1,3-4,7,9H2. The van der Waals surface area contributed by atoms with Gasteiger partial charge in [-0.25, -0.2) is 13.8 Å². The highest BCUT2D eigenvalue weighted by Gasteiger charge is 2.30. The van der Waals surface area contributed by atoms with Crippen molar-refractivity contribution in [3.05, 3.63) is 77.5 Å². The molecule has 4 rings (SSSR count). The van der Waals surface area contributed by atoms with Crippen LogP contribution in [0.1, 0.15) is 36.4 Å². The first-order valence-corrected chi connectivity index (χ1v) is 9.82. The fourth-order valence-electron chi connectivity index (χ4n) is 3.68. The van der Waals surface area contributed by atoms with Gasteiger partial charge in [-0.3, -0.25) is 9.48 Å². The topological polar surface area (TPSA) is 74.3 Å². The first-order valence-electron chi connectivity index (χ1n) is 9.82. The van der Waals surface area contributed by atoms with Crippen LogP contribution in [0.4, 0.5) is 8.78 Å². The van der Waals surface area contributed by atoms with E-state index < -0.39 is 17.7 Å². The van der Waals surface area contributed by atoms with E-state index in [1.165, 1.54) is 17.1 Å². The Kier molecular flexibility index (Phi) is 5.58. The minimum Gasteiger partial charge on any atom is -0.271 e. The van der Waals surface area contributed by atoms with E-state index in [0.717, 1.165) is 17.0 Å². The molecule has 1 aliphatic heterocycles. The van der Waals surface area contributed by atoms with Crippen molar-refractivity contribution in [1.82, 2.24) is 14.8 Å². The van der Waals surface area contributed by atoms with Gasteiger partial charge in [-0.1, -0.05) is 12.6 Å². The number of hydrazone groups is 1. The van der Waals surface area contributed by atoms with Crippen LogP contribution >= 0.6 is 0 Å². The third-order valence-corrected chi connectivity index (χ3v) is 5.19. The van der Waals surface area contributed by atoms with Gasteiger partial charge in [0.1, 0.15) is 11.6 Å². The second-order valence-corrected chi connectivity index (χ2v) is 7.35. The number of nitriles is 1. The lowest BCUT2D eigenvalue weighted by Gasteiger charge is -2.23. The molecule has 0 aliphatic carbocycles. The maximum atomic E-state index is 13.6. The molecule has 31 heavy (non-hydrogen) atoms. The zero-order valence-electron chi connectivity index (χ0n) is 16.6. The molecule has 2 heterocycles. The average Bonchev–Trinajstić information content (AvgIpc) is 3.39. The summed E-state index contributed by atoms with van der Waals surface area (Å²) in [6, 6.07) is 10.2. The number of benzene rings is 2. The van der Waals surface area contributed by atoms with Crippen molar-refractivity contribution >= 4 is 23.0 Å². The molecule has 0 bridgehead atoms. The second-order valence-electron chi connectivity index (χ2n) is 7.35. The molecule has 1 amide bonds. The molecule has 2 aromatic carbocycles. The Bertz CT molecular complexity index is 1220. The number of amides is 1. The van der Waals surface area contributed by atoms with Crippen molar-refractivity contribution in [1.29, 1.82) is 5.26 Å². The van der Waals surface area contributed by atoms with Gasteiger partial charge in [0.05, 0.1) is 23.2 Å². The van der Waals surface area contributed by atoms with Gasteiger partial charge in [-0.2, -0.15) is 15.5 Å². The van der Waals surface area contributed by atoms with Crippen molar-refractivity contribution in [3.63, 3.8) is 0 Å². The van der Waals surface area contributed by atoms with Crippen molar-refractivity contribution in [2.45, 2.75) is 31.8 Å². The lowest BCUT2D eigenvalue weighted by atomic mass is 10.0. The Hall–Kier alpha value is -3.86. The van der Waals surface area contributed by atoms with E-state index in [4.69, 9.17) is 0 Å². The summed E-state index contributed by atoms with van der Waals surface area (Å²) in [6.07, 6.45) is 4.77. The van der Waals surface area contributed by atoms with E-state index in [9.17, 15) is 18.8 Å². The van der Waals surface area contributed by atoms with Crippen LogP contribution in [-0.4, -0.2) is 26.9 Å². The number of carbonyl (C=O) groups excluding carboxylic acids is 1. The highest BCUT2D eigenvalue weighted by Crippen LogP contribution is 2.31. The monoisotopic (exact) mass is 419 g/mol. The molecule has 1 aliphatic rings. The third-order valence-electron chi connectivity index (χ3n) is 5.19. The normalized spacial score (nSPS) is 15.4. The summed E-state index contributed by atoms with van der Waals surface area (Å²) >= 11 is 0. The Labute approximate surface area is 177 Å². The van der Waals surface area contributed by atoms with E-state index in [0.29, 0.717) is 42.5 Å². The maximum Gasteiger partial charge on any atom is 0.269 e. The van der Waals surface area contributed by atoms with Crippen LogP contribution in [0.3, 0.4) is 0 Å². The lowest BCUT2D eigenvalue weighted by molar-refractivity contribution is -0.129. The summed E-state index contributed by atoms with van der Waals surface area (Å²) in [5.74, 6) is -1.76. The van der Waals surface area contributed by atoms with Gasteiger partial charge in [0, 0.05) is 42.4 Å². The summed E-state index contributed by atoms with van der Waals surface area (Å²) in [6.45, 7) is 4.43. The Balaban J connectivity index is 1.39. The molecule has 0 radical (unpaired) electrons. The molecule has 8 heteroatoms. The van der Waals surface area contributed by atoms with E-state index >= 15 is 0 Å². The van der Waals surface area contributed by atoms with Gasteiger partial charge < -0.3 is 0 Å². The predicted molar refractivity (Wildman–Crippen MR) is 112 cm³/mol. The number of rotatable bonds is 6. The Morgan fingerprint density at radius 1 is 1.26 bits per heavy atom. The predicted octanol–water partition coefficient (Wildman–Crippen LogP) is 4.48. The van der Waals surface area contributed by atoms with E-state index in [1.54, 1.807) is 23.0 Å². The zero-order chi connectivity index (χ0) is 22.0. The third kappa shape index (κ3) is 4.21. The first kappa shape index (κ1) is 20.4. The summed E-state index contributed by atoms with van der Waals surface area (Å²) in [5.41, 5.74) is 2.02. The number of aromatic nitrogens is 2. The van der Waals surface area contributed by atoms with Crippen LogP contribution in [0.5, 0.6) is 0 Å².